The summed E-state index contributed by atoms with van der Waals surface area (Å²) in [5, 5.41) is 0. The van der Waals surface area contributed by atoms with Crippen molar-refractivity contribution in [1.29, 1.82) is 0 Å². The average Bonchev–Trinajstić information content (AvgIpc) is 2.17. The highest BCUT2D eigenvalue weighted by molar-refractivity contribution is 5.69. The van der Waals surface area contributed by atoms with Gasteiger partial charge in [0.1, 0.15) is 0 Å². The molecule has 0 aromatic heterocycles. The van der Waals surface area contributed by atoms with Crippen molar-refractivity contribution in [3.8, 4) is 0 Å². The van der Waals surface area contributed by atoms with Crippen LogP contribution in [-0.2, 0) is 14.3 Å². The van der Waals surface area contributed by atoms with Crippen molar-refractivity contribution in [2.24, 2.45) is 5.92 Å². The molecule has 3 nitrogen and oxygen atoms in total. The molecule has 82 valence electrons. The summed E-state index contributed by atoms with van der Waals surface area (Å²) in [6.07, 6.45) is 5.60. The van der Waals surface area contributed by atoms with Crippen LogP contribution in [0.4, 0.5) is 0 Å². The molecular formula is C11H20O3. The molecule has 2 atom stereocenters. The lowest BCUT2D eigenvalue weighted by atomic mass is 9.89. The molecule has 0 spiro atoms. The molecule has 0 heterocycles. The number of carbonyl (C=O) groups excluding carboxylic acids is 1. The van der Waals surface area contributed by atoms with Crippen LogP contribution >= 0.6 is 0 Å². The van der Waals surface area contributed by atoms with Crippen molar-refractivity contribution in [2.45, 2.75) is 45.1 Å². The zero-order chi connectivity index (χ0) is 10.4. The second-order valence-electron chi connectivity index (χ2n) is 4.09. The van der Waals surface area contributed by atoms with E-state index in [-0.39, 0.29) is 5.97 Å². The van der Waals surface area contributed by atoms with Gasteiger partial charge in [-0.05, 0) is 18.8 Å². The Kier molecular flexibility index (Phi) is 4.94. The summed E-state index contributed by atoms with van der Waals surface area (Å²) in [6, 6.07) is 0. The van der Waals surface area contributed by atoms with E-state index in [0.29, 0.717) is 19.1 Å². The lowest BCUT2D eigenvalue weighted by Crippen LogP contribution is -2.22. The molecule has 0 saturated heterocycles. The van der Waals surface area contributed by atoms with Crippen molar-refractivity contribution in [2.75, 3.05) is 13.7 Å². The van der Waals surface area contributed by atoms with E-state index < -0.39 is 0 Å². The molecule has 3 heteroatoms. The Morgan fingerprint density at radius 3 is 2.86 bits per heavy atom. The zero-order valence-electron chi connectivity index (χ0n) is 9.12. The van der Waals surface area contributed by atoms with Crippen molar-refractivity contribution in [1.82, 2.24) is 0 Å². The quantitative estimate of drug-likeness (QED) is 0.652. The molecule has 1 fully saturated rings. The molecule has 0 aromatic rings. The number of hydrogen-bond donors (Lipinski definition) is 0. The molecule has 0 aliphatic heterocycles. The molecular weight excluding hydrogens is 180 g/mol. The summed E-state index contributed by atoms with van der Waals surface area (Å²) in [5.74, 6) is 0.584. The first kappa shape index (κ1) is 11.5. The van der Waals surface area contributed by atoms with Crippen molar-refractivity contribution >= 4 is 5.97 Å². The van der Waals surface area contributed by atoms with Crippen LogP contribution in [0.25, 0.3) is 0 Å². The summed E-state index contributed by atoms with van der Waals surface area (Å²) >= 11 is 0. The lowest BCUT2D eigenvalue weighted by molar-refractivity contribution is -0.142. The lowest BCUT2D eigenvalue weighted by Gasteiger charge is -2.26. The summed E-state index contributed by atoms with van der Waals surface area (Å²) in [4.78, 5) is 10.8. The third kappa shape index (κ3) is 4.09. The summed E-state index contributed by atoms with van der Waals surface area (Å²) in [6.45, 7) is 2.76. The molecule has 1 saturated carbocycles. The third-order valence-electron chi connectivity index (χ3n) is 2.78. The standard InChI is InChI=1S/C11H20O3/c1-9-4-3-5-10(8-9)14-7-6-11(12)13-2/h9-10H,3-8H2,1-2H3. The van der Waals surface area contributed by atoms with Gasteiger partial charge in [-0.2, -0.15) is 0 Å². The summed E-state index contributed by atoms with van der Waals surface area (Å²) in [5.41, 5.74) is 0. The van der Waals surface area contributed by atoms with Crippen LogP contribution in [0.5, 0.6) is 0 Å². The third-order valence-corrected chi connectivity index (χ3v) is 2.78. The van der Waals surface area contributed by atoms with E-state index in [9.17, 15) is 4.79 Å². The Morgan fingerprint density at radius 2 is 2.21 bits per heavy atom. The molecule has 0 radical (unpaired) electrons. The van der Waals surface area contributed by atoms with Gasteiger partial charge in [-0.25, -0.2) is 0 Å². The summed E-state index contributed by atoms with van der Waals surface area (Å²) < 4.78 is 10.2. The van der Waals surface area contributed by atoms with E-state index in [4.69, 9.17) is 4.74 Å². The van der Waals surface area contributed by atoms with Gasteiger partial charge in [-0.1, -0.05) is 19.8 Å². The van der Waals surface area contributed by atoms with Gasteiger partial charge in [0.2, 0.25) is 0 Å². The van der Waals surface area contributed by atoms with E-state index in [1.54, 1.807) is 0 Å². The molecule has 14 heavy (non-hydrogen) atoms. The van der Waals surface area contributed by atoms with Crippen LogP contribution in [0, 0.1) is 5.92 Å². The van der Waals surface area contributed by atoms with Crippen LogP contribution in [-0.4, -0.2) is 25.8 Å². The van der Waals surface area contributed by atoms with Gasteiger partial charge < -0.3 is 9.47 Å². The van der Waals surface area contributed by atoms with Crippen LogP contribution < -0.4 is 0 Å². The maximum absolute atomic E-state index is 10.8. The maximum Gasteiger partial charge on any atom is 0.307 e. The second kappa shape index (κ2) is 6.02. The van der Waals surface area contributed by atoms with E-state index >= 15 is 0 Å². The van der Waals surface area contributed by atoms with E-state index in [0.717, 1.165) is 18.8 Å². The first-order valence-corrected chi connectivity index (χ1v) is 5.40. The van der Waals surface area contributed by atoms with Crippen LogP contribution in [0.15, 0.2) is 0 Å². The Labute approximate surface area is 85.8 Å². The molecule has 2 unspecified atom stereocenters. The number of methoxy groups -OCH3 is 1. The Morgan fingerprint density at radius 1 is 1.43 bits per heavy atom. The molecule has 1 rings (SSSR count). The predicted octanol–water partition coefficient (Wildman–Crippen LogP) is 2.14. The van der Waals surface area contributed by atoms with Crippen LogP contribution in [0.3, 0.4) is 0 Å². The molecule has 0 aromatic carbocycles. The number of rotatable bonds is 4. The highest BCUT2D eigenvalue weighted by atomic mass is 16.5. The van der Waals surface area contributed by atoms with Crippen molar-refractivity contribution in [3.63, 3.8) is 0 Å². The van der Waals surface area contributed by atoms with Gasteiger partial charge >= 0.3 is 5.97 Å². The highest BCUT2D eigenvalue weighted by Gasteiger charge is 2.19. The SMILES string of the molecule is COC(=O)CCOC1CCCC(C)C1. The first-order chi connectivity index (χ1) is 6.72. The number of hydrogen-bond acceptors (Lipinski definition) is 3. The fourth-order valence-corrected chi connectivity index (χ4v) is 1.94. The van der Waals surface area contributed by atoms with Gasteiger partial charge in [-0.15, -0.1) is 0 Å². The number of esters is 1. The molecule has 1 aliphatic rings. The Bertz CT molecular complexity index is 179. The zero-order valence-corrected chi connectivity index (χ0v) is 9.12. The number of ether oxygens (including phenoxy) is 2. The van der Waals surface area contributed by atoms with E-state index in [1.165, 1.54) is 20.0 Å². The first-order valence-electron chi connectivity index (χ1n) is 5.40. The van der Waals surface area contributed by atoms with Crippen LogP contribution in [0.2, 0.25) is 0 Å². The van der Waals surface area contributed by atoms with Gasteiger partial charge in [0.25, 0.3) is 0 Å². The van der Waals surface area contributed by atoms with E-state index in [1.807, 2.05) is 0 Å². The van der Waals surface area contributed by atoms with E-state index in [2.05, 4.69) is 11.7 Å². The smallest absolute Gasteiger partial charge is 0.307 e. The minimum atomic E-state index is -0.186. The van der Waals surface area contributed by atoms with Gasteiger partial charge in [0.15, 0.2) is 0 Å². The topological polar surface area (TPSA) is 35.5 Å². The van der Waals surface area contributed by atoms with Gasteiger partial charge in [0.05, 0.1) is 26.2 Å². The minimum Gasteiger partial charge on any atom is -0.469 e. The Balaban J connectivity index is 2.08. The average molecular weight is 200 g/mol. The minimum absolute atomic E-state index is 0.186. The molecule has 0 amide bonds. The molecule has 0 bridgehead atoms. The van der Waals surface area contributed by atoms with Crippen LogP contribution in [0.1, 0.15) is 39.0 Å². The fourth-order valence-electron chi connectivity index (χ4n) is 1.94. The molecule has 1 aliphatic carbocycles. The highest BCUT2D eigenvalue weighted by Crippen LogP contribution is 2.25. The molecule has 0 N–H and O–H groups in total. The normalized spacial score (nSPS) is 27.3. The summed E-state index contributed by atoms with van der Waals surface area (Å²) in [7, 11) is 1.41. The fraction of sp³-hybridized carbons (Fsp3) is 0.909. The largest absolute Gasteiger partial charge is 0.469 e. The number of carbonyl (C=O) groups is 1. The van der Waals surface area contributed by atoms with Crippen molar-refractivity contribution < 1.29 is 14.3 Å². The van der Waals surface area contributed by atoms with Crippen molar-refractivity contribution in [3.05, 3.63) is 0 Å². The van der Waals surface area contributed by atoms with Gasteiger partial charge in [0, 0.05) is 0 Å². The second-order valence-corrected chi connectivity index (χ2v) is 4.09. The van der Waals surface area contributed by atoms with Gasteiger partial charge in [-0.3, -0.25) is 4.79 Å². The Hall–Kier alpha value is -0.570. The predicted molar refractivity (Wildman–Crippen MR) is 54.0 cm³/mol. The maximum atomic E-state index is 10.8. The monoisotopic (exact) mass is 200 g/mol.